The van der Waals surface area contributed by atoms with E-state index in [-0.39, 0.29) is 37.1 Å². The van der Waals surface area contributed by atoms with Crippen molar-refractivity contribution < 1.29 is 45.3 Å². The van der Waals surface area contributed by atoms with Gasteiger partial charge in [-0.25, -0.2) is 0 Å². The Bertz CT molecular complexity index is 362. The van der Waals surface area contributed by atoms with Crippen LogP contribution in [0.5, 0.6) is 0 Å². The molecule has 0 fully saturated rings. The zero-order valence-electron chi connectivity index (χ0n) is 10.5. The van der Waals surface area contributed by atoms with Crippen molar-refractivity contribution in [3.05, 3.63) is 35.9 Å². The van der Waals surface area contributed by atoms with E-state index in [1.54, 1.807) is 6.92 Å². The zero-order chi connectivity index (χ0) is 11.1. The molecule has 0 spiro atoms. The van der Waals surface area contributed by atoms with Crippen LogP contribution >= 0.6 is 8.03 Å². The molecule has 0 aliphatic heterocycles. The maximum Gasteiger partial charge on any atom is 1.00 e. The van der Waals surface area contributed by atoms with E-state index in [0.29, 0.717) is 12.3 Å². The van der Waals surface area contributed by atoms with Crippen molar-refractivity contribution in [2.45, 2.75) is 13.5 Å². The third-order valence-corrected chi connectivity index (χ3v) is 2.39. The largest absolute Gasteiger partial charge is 1.00 e. The molecule has 0 heterocycles. The summed E-state index contributed by atoms with van der Waals surface area (Å²) in [6.45, 7) is 2.04. The quantitative estimate of drug-likeness (QED) is 0.329. The Morgan fingerprint density at radius 1 is 1.50 bits per heavy atom. The number of oxime groups is 1. The molecule has 0 saturated carbocycles. The molecule has 0 saturated heterocycles. The third kappa shape index (κ3) is 7.09. The number of rotatable bonds is 5. The van der Waals surface area contributed by atoms with Gasteiger partial charge in [-0.3, -0.25) is 0 Å². The summed E-state index contributed by atoms with van der Waals surface area (Å²) in [5, 5.41) is 3.73. The van der Waals surface area contributed by atoms with Gasteiger partial charge in [0.05, 0.1) is 0 Å². The summed E-state index contributed by atoms with van der Waals surface area (Å²) in [6.07, 6.45) is 0.0596. The van der Waals surface area contributed by atoms with E-state index < -0.39 is 8.03 Å². The maximum absolute atomic E-state index is 10.5. The normalized spacial score (nSPS) is 11.6. The molecule has 0 amide bonds. The second kappa shape index (κ2) is 8.85. The average molecular weight is 250 g/mol. The summed E-state index contributed by atoms with van der Waals surface area (Å²) < 4.78 is 10.5. The fourth-order valence-electron chi connectivity index (χ4n) is 1.02. The van der Waals surface area contributed by atoms with Gasteiger partial charge in [0.15, 0.2) is 0 Å². The Balaban J connectivity index is 0. The summed E-state index contributed by atoms with van der Waals surface area (Å²) in [7, 11) is -2.17. The minimum Gasteiger partial charge on any atom is -1.00 e. The molecule has 1 rings (SSSR count). The van der Waals surface area contributed by atoms with Crippen LogP contribution in [0.3, 0.4) is 0 Å². The molecule has 16 heavy (non-hydrogen) atoms. The van der Waals surface area contributed by atoms with Crippen LogP contribution in [0.4, 0.5) is 0 Å². The summed E-state index contributed by atoms with van der Waals surface area (Å²) in [5.41, 5.74) is 1.54. The maximum atomic E-state index is 10.5. The van der Waals surface area contributed by atoms with E-state index in [2.05, 4.69) is 5.16 Å². The Morgan fingerprint density at radius 2 is 2.12 bits per heavy atom. The van der Waals surface area contributed by atoms with Crippen LogP contribution in [0.25, 0.3) is 0 Å². The van der Waals surface area contributed by atoms with Gasteiger partial charge in [0.1, 0.15) is 12.3 Å². The van der Waals surface area contributed by atoms with Gasteiger partial charge in [-0.2, -0.15) is 4.89 Å². The minimum atomic E-state index is -2.17. The van der Waals surface area contributed by atoms with Gasteiger partial charge in [0.25, 0.3) is 0 Å². The van der Waals surface area contributed by atoms with Gasteiger partial charge in [0, 0.05) is 0 Å². The standard InChI is InChI=1S/C10H12NO3P.Na.H/c1-9(8-15(12)13)11-14-7-10-5-3-2-4-6-10;;/h2-6H,7-8H2,1H3;;/q;+1;-1/p+1. The molecule has 6 heteroatoms. The van der Waals surface area contributed by atoms with Crippen LogP contribution in [0.2, 0.25) is 0 Å². The van der Waals surface area contributed by atoms with E-state index in [9.17, 15) is 4.57 Å². The molecule has 0 aliphatic rings. The fourth-order valence-corrected chi connectivity index (χ4v) is 1.47. The van der Waals surface area contributed by atoms with Crippen molar-refractivity contribution in [2.75, 3.05) is 6.16 Å². The van der Waals surface area contributed by atoms with Crippen molar-refractivity contribution in [1.29, 1.82) is 0 Å². The molecule has 1 N–H and O–H groups in total. The summed E-state index contributed by atoms with van der Waals surface area (Å²) in [5.74, 6) is 0. The zero-order valence-corrected chi connectivity index (χ0v) is 12.4. The van der Waals surface area contributed by atoms with E-state index in [4.69, 9.17) is 9.73 Å². The first-order valence-corrected chi connectivity index (χ1v) is 5.91. The van der Waals surface area contributed by atoms with E-state index in [0.717, 1.165) is 5.56 Å². The van der Waals surface area contributed by atoms with Gasteiger partial charge in [0.2, 0.25) is 6.16 Å². The molecular weight excluding hydrogens is 236 g/mol. The first-order valence-electron chi connectivity index (χ1n) is 4.51. The summed E-state index contributed by atoms with van der Waals surface area (Å²) in [6, 6.07) is 9.61. The van der Waals surface area contributed by atoms with Gasteiger partial charge >= 0.3 is 37.6 Å². The minimum absolute atomic E-state index is 0. The molecule has 0 bridgehead atoms. The third-order valence-electron chi connectivity index (χ3n) is 1.66. The van der Waals surface area contributed by atoms with E-state index in [1.807, 2.05) is 30.3 Å². The molecule has 0 aliphatic carbocycles. The fraction of sp³-hybridized carbons (Fsp3) is 0.300. The first kappa shape index (κ1) is 15.8. The number of benzene rings is 1. The predicted octanol–water partition coefficient (Wildman–Crippen LogP) is -0.570. The molecule has 1 atom stereocenters. The summed E-state index contributed by atoms with van der Waals surface area (Å²) in [4.78, 5) is 13.6. The van der Waals surface area contributed by atoms with Crippen LogP contribution in [0, 0.1) is 0 Å². The molecule has 1 unspecified atom stereocenters. The SMILES string of the molecule is CC(C[P+](=O)O)=NOCc1ccccc1.[H-].[Na+]. The van der Waals surface area contributed by atoms with Crippen LogP contribution in [0.1, 0.15) is 13.9 Å². The monoisotopic (exact) mass is 250 g/mol. The topological polar surface area (TPSA) is 58.9 Å². The number of hydrogen-bond donors (Lipinski definition) is 1. The predicted molar refractivity (Wildman–Crippen MR) is 60.1 cm³/mol. The number of hydrogen-bond acceptors (Lipinski definition) is 3. The van der Waals surface area contributed by atoms with Gasteiger partial charge in [-0.15, -0.1) is 0 Å². The molecule has 1 aromatic rings. The van der Waals surface area contributed by atoms with Gasteiger partial charge in [-0.05, 0) is 17.1 Å². The Morgan fingerprint density at radius 3 is 2.69 bits per heavy atom. The average Bonchev–Trinajstić information content (AvgIpc) is 2.18. The van der Waals surface area contributed by atoms with Crippen molar-refractivity contribution in [2.24, 2.45) is 5.16 Å². The Labute approximate surface area is 119 Å². The van der Waals surface area contributed by atoms with Crippen LogP contribution in [-0.4, -0.2) is 16.8 Å². The van der Waals surface area contributed by atoms with Crippen molar-refractivity contribution in [3.8, 4) is 0 Å². The second-order valence-corrected chi connectivity index (χ2v) is 4.12. The first-order chi connectivity index (χ1) is 7.18. The van der Waals surface area contributed by atoms with Crippen LogP contribution < -0.4 is 29.6 Å². The van der Waals surface area contributed by atoms with Gasteiger partial charge < -0.3 is 6.26 Å². The summed E-state index contributed by atoms with van der Waals surface area (Å²) >= 11 is 0. The molecular formula is C10H14NNaO3P+. The molecule has 1 aromatic carbocycles. The second-order valence-electron chi connectivity index (χ2n) is 3.10. The molecule has 0 aromatic heterocycles. The van der Waals surface area contributed by atoms with Gasteiger partial charge in [-0.1, -0.05) is 35.5 Å². The van der Waals surface area contributed by atoms with E-state index >= 15 is 0 Å². The Hall–Kier alpha value is -0.250. The van der Waals surface area contributed by atoms with Crippen molar-refractivity contribution >= 4 is 13.7 Å². The molecule has 4 nitrogen and oxygen atoms in total. The van der Waals surface area contributed by atoms with Crippen LogP contribution in [-0.2, 0) is 16.0 Å². The van der Waals surface area contributed by atoms with Crippen molar-refractivity contribution in [3.63, 3.8) is 0 Å². The molecule has 0 radical (unpaired) electrons. The Kier molecular flexibility index (Phi) is 8.71. The van der Waals surface area contributed by atoms with Crippen molar-refractivity contribution in [1.82, 2.24) is 0 Å². The number of nitrogens with zero attached hydrogens (tertiary/aromatic N) is 1. The van der Waals surface area contributed by atoms with E-state index in [1.165, 1.54) is 0 Å². The van der Waals surface area contributed by atoms with Crippen LogP contribution in [0.15, 0.2) is 35.5 Å². The smallest absolute Gasteiger partial charge is 1.00 e. The molecule has 82 valence electrons.